The van der Waals surface area contributed by atoms with Crippen molar-refractivity contribution < 1.29 is 44.3 Å². The van der Waals surface area contributed by atoms with Crippen molar-refractivity contribution in [3.63, 3.8) is 0 Å². The van der Waals surface area contributed by atoms with Gasteiger partial charge in [0.1, 0.15) is 5.75 Å². The van der Waals surface area contributed by atoms with E-state index < -0.39 is 43.4 Å². The van der Waals surface area contributed by atoms with Crippen molar-refractivity contribution >= 4 is 11.3 Å². The first kappa shape index (κ1) is 18.9. The topological polar surface area (TPSA) is 9.23 Å². The summed E-state index contributed by atoms with van der Waals surface area (Å²) < 4.78 is 118. The van der Waals surface area contributed by atoms with Crippen LogP contribution in [0.2, 0.25) is 0 Å². The SMILES string of the molecule is FC(F)(F)C(F)(F)C(F)(F)C(F)(F)CCCOc1ccsc1. The Kier molecular flexibility index (Phi) is 5.30. The highest BCUT2D eigenvalue weighted by Crippen LogP contribution is 2.54. The zero-order valence-electron chi connectivity index (χ0n) is 10.6. The molecule has 0 aliphatic heterocycles. The van der Waals surface area contributed by atoms with Crippen LogP contribution >= 0.6 is 11.3 Å². The van der Waals surface area contributed by atoms with E-state index in [0.717, 1.165) is 0 Å². The van der Waals surface area contributed by atoms with E-state index in [1.54, 1.807) is 5.38 Å². The number of thiophene rings is 1. The highest BCUT2D eigenvalue weighted by molar-refractivity contribution is 7.08. The second-order valence-electron chi connectivity index (χ2n) is 4.26. The van der Waals surface area contributed by atoms with Crippen LogP contribution in [0.4, 0.5) is 39.5 Å². The van der Waals surface area contributed by atoms with Gasteiger partial charge in [0.2, 0.25) is 0 Å². The van der Waals surface area contributed by atoms with E-state index in [9.17, 15) is 39.5 Å². The normalized spacial score (nSPS) is 14.2. The maximum Gasteiger partial charge on any atom is 0.460 e. The predicted octanol–water partition coefficient (Wildman–Crippen LogP) is 5.38. The number of alkyl halides is 9. The third kappa shape index (κ3) is 3.61. The Morgan fingerprint density at radius 3 is 1.95 bits per heavy atom. The molecule has 128 valence electrons. The molecule has 0 atom stereocenters. The number of hydrogen-bond donors (Lipinski definition) is 0. The molecule has 0 saturated heterocycles. The second kappa shape index (κ2) is 6.17. The Morgan fingerprint density at radius 2 is 1.50 bits per heavy atom. The first-order valence-corrected chi connectivity index (χ1v) is 6.62. The van der Waals surface area contributed by atoms with E-state index in [4.69, 9.17) is 4.74 Å². The van der Waals surface area contributed by atoms with Crippen LogP contribution in [0.3, 0.4) is 0 Å². The number of rotatable bonds is 7. The minimum atomic E-state index is -6.84. The first-order chi connectivity index (χ1) is 9.83. The Morgan fingerprint density at radius 1 is 0.909 bits per heavy atom. The number of halogens is 9. The highest BCUT2D eigenvalue weighted by atomic mass is 32.1. The van der Waals surface area contributed by atoms with Crippen LogP contribution in [0.1, 0.15) is 12.8 Å². The average Bonchev–Trinajstić information content (AvgIpc) is 2.85. The summed E-state index contributed by atoms with van der Waals surface area (Å²) in [6, 6.07) is 1.44. The highest BCUT2D eigenvalue weighted by Gasteiger charge is 2.81. The lowest BCUT2D eigenvalue weighted by Gasteiger charge is -2.33. The summed E-state index contributed by atoms with van der Waals surface area (Å²) in [6.07, 6.45) is -9.49. The van der Waals surface area contributed by atoms with Crippen LogP contribution in [0.5, 0.6) is 5.75 Å². The van der Waals surface area contributed by atoms with Crippen LogP contribution in [0.25, 0.3) is 0 Å². The van der Waals surface area contributed by atoms with Crippen molar-refractivity contribution in [3.8, 4) is 5.75 Å². The third-order valence-corrected chi connectivity index (χ3v) is 3.27. The Hall–Kier alpha value is -1.13. The molecule has 0 bridgehead atoms. The van der Waals surface area contributed by atoms with Crippen LogP contribution in [0, 0.1) is 0 Å². The first-order valence-electron chi connectivity index (χ1n) is 5.68. The van der Waals surface area contributed by atoms with E-state index in [2.05, 4.69) is 0 Å². The molecule has 0 fully saturated rings. The van der Waals surface area contributed by atoms with Crippen LogP contribution in [0.15, 0.2) is 16.8 Å². The smallest absolute Gasteiger partial charge is 0.460 e. The lowest BCUT2D eigenvalue weighted by Crippen LogP contribution is -2.60. The molecule has 1 nitrogen and oxygen atoms in total. The maximum absolute atomic E-state index is 13.1. The zero-order valence-corrected chi connectivity index (χ0v) is 11.4. The Labute approximate surface area is 122 Å². The molecule has 22 heavy (non-hydrogen) atoms. The average molecular weight is 360 g/mol. The zero-order chi connectivity index (χ0) is 17.2. The molecular weight excluding hydrogens is 351 g/mol. The maximum atomic E-state index is 13.1. The molecule has 1 heterocycles. The monoisotopic (exact) mass is 360 g/mol. The van der Waals surface area contributed by atoms with Gasteiger partial charge in [-0.1, -0.05) is 0 Å². The largest absolute Gasteiger partial charge is 0.493 e. The van der Waals surface area contributed by atoms with Crippen molar-refractivity contribution in [3.05, 3.63) is 16.8 Å². The second-order valence-corrected chi connectivity index (χ2v) is 5.04. The summed E-state index contributed by atoms with van der Waals surface area (Å²) in [5.74, 6) is -18.7. The van der Waals surface area contributed by atoms with E-state index in [0.29, 0.717) is 0 Å². The van der Waals surface area contributed by atoms with E-state index in [1.165, 1.54) is 22.8 Å². The summed E-state index contributed by atoms with van der Waals surface area (Å²) in [5.41, 5.74) is 0. The fraction of sp³-hybridized carbons (Fsp3) is 0.636. The minimum Gasteiger partial charge on any atom is -0.493 e. The van der Waals surface area contributed by atoms with Crippen molar-refractivity contribution in [1.29, 1.82) is 0 Å². The lowest BCUT2D eigenvalue weighted by atomic mass is 10.00. The molecule has 1 aromatic heterocycles. The van der Waals surface area contributed by atoms with E-state index in [-0.39, 0.29) is 5.75 Å². The van der Waals surface area contributed by atoms with Crippen molar-refractivity contribution in [2.75, 3.05) is 6.61 Å². The molecule has 0 amide bonds. The summed E-state index contributed by atoms with van der Waals surface area (Å²) in [4.78, 5) is 0. The van der Waals surface area contributed by atoms with Crippen LogP contribution in [-0.4, -0.2) is 30.6 Å². The van der Waals surface area contributed by atoms with Gasteiger partial charge in [-0.05, 0) is 17.9 Å². The molecule has 0 N–H and O–H groups in total. The number of ether oxygens (including phenoxy) is 1. The van der Waals surface area contributed by atoms with Crippen molar-refractivity contribution in [1.82, 2.24) is 0 Å². The molecule has 0 aliphatic rings. The molecule has 1 aromatic rings. The summed E-state index contributed by atoms with van der Waals surface area (Å²) in [5, 5.41) is 3.03. The molecule has 0 aromatic carbocycles. The van der Waals surface area contributed by atoms with Gasteiger partial charge in [0.05, 0.1) is 6.61 Å². The molecular formula is C11H9F9OS. The lowest BCUT2D eigenvalue weighted by molar-refractivity contribution is -0.396. The van der Waals surface area contributed by atoms with Gasteiger partial charge in [-0.25, -0.2) is 0 Å². The van der Waals surface area contributed by atoms with Crippen molar-refractivity contribution in [2.24, 2.45) is 0 Å². The van der Waals surface area contributed by atoms with Crippen molar-refractivity contribution in [2.45, 2.75) is 36.8 Å². The van der Waals surface area contributed by atoms with Gasteiger partial charge in [0.25, 0.3) is 0 Å². The summed E-state index contributed by atoms with van der Waals surface area (Å²) in [7, 11) is 0. The molecule has 11 heteroatoms. The quantitative estimate of drug-likeness (QED) is 0.469. The predicted molar refractivity (Wildman–Crippen MR) is 59.9 cm³/mol. The Balaban J connectivity index is 2.67. The van der Waals surface area contributed by atoms with E-state index in [1.807, 2.05) is 0 Å². The molecule has 0 saturated carbocycles. The number of hydrogen-bond acceptors (Lipinski definition) is 2. The van der Waals surface area contributed by atoms with Gasteiger partial charge in [-0.15, -0.1) is 11.3 Å². The molecule has 0 unspecified atom stereocenters. The van der Waals surface area contributed by atoms with Gasteiger partial charge < -0.3 is 4.74 Å². The van der Waals surface area contributed by atoms with Gasteiger partial charge in [-0.3, -0.25) is 0 Å². The summed E-state index contributed by atoms with van der Waals surface area (Å²) in [6.45, 7) is -0.528. The summed E-state index contributed by atoms with van der Waals surface area (Å²) >= 11 is 1.20. The van der Waals surface area contributed by atoms with E-state index >= 15 is 0 Å². The molecule has 0 aliphatic carbocycles. The van der Waals surface area contributed by atoms with Gasteiger partial charge in [0.15, 0.2) is 0 Å². The van der Waals surface area contributed by atoms with Gasteiger partial charge in [-0.2, -0.15) is 39.5 Å². The molecule has 1 rings (SSSR count). The van der Waals surface area contributed by atoms with Crippen LogP contribution < -0.4 is 4.74 Å². The van der Waals surface area contributed by atoms with Gasteiger partial charge in [0, 0.05) is 11.8 Å². The fourth-order valence-electron chi connectivity index (χ4n) is 1.38. The molecule has 0 radical (unpaired) electrons. The fourth-order valence-corrected chi connectivity index (χ4v) is 1.95. The standard InChI is InChI=1S/C11H9F9OS/c12-8(13,3-1-4-21-7-2-5-22-6-7)9(14,15)10(16,17)11(18,19)20/h2,5-6H,1,3-4H2. The van der Waals surface area contributed by atoms with Crippen LogP contribution in [-0.2, 0) is 0 Å². The molecule has 0 spiro atoms. The minimum absolute atomic E-state index is 0.251. The third-order valence-electron chi connectivity index (χ3n) is 2.61. The Bertz CT molecular complexity index is 466. The van der Waals surface area contributed by atoms with Gasteiger partial charge >= 0.3 is 23.9 Å².